The molecule has 1 fully saturated rings. The molecule has 0 aromatic heterocycles. The molecule has 0 aliphatic carbocycles. The van der Waals surface area contributed by atoms with Gasteiger partial charge in [-0.1, -0.05) is 13.8 Å². The smallest absolute Gasteiger partial charge is 0.223 e. The van der Waals surface area contributed by atoms with Crippen LogP contribution in [0.15, 0.2) is 0 Å². The number of hydrogen-bond acceptors (Lipinski definition) is 1. The lowest BCUT2D eigenvalue weighted by Gasteiger charge is -2.06. The molecular formula is C7H13NO. The summed E-state index contributed by atoms with van der Waals surface area (Å²) in [6, 6.07) is 0. The lowest BCUT2D eigenvalue weighted by atomic mass is 9.95. The molecule has 1 rings (SSSR count). The van der Waals surface area contributed by atoms with Crippen LogP contribution >= 0.6 is 0 Å². The number of hydrogen-bond donors (Lipinski definition) is 1. The average molecular weight is 127 g/mol. The minimum absolute atomic E-state index is 0.241. The van der Waals surface area contributed by atoms with E-state index in [1.165, 1.54) is 0 Å². The van der Waals surface area contributed by atoms with Gasteiger partial charge < -0.3 is 5.32 Å². The Bertz CT molecular complexity index is 122. The van der Waals surface area contributed by atoms with Gasteiger partial charge in [-0.05, 0) is 12.3 Å². The number of carbonyl (C=O) groups is 1. The Morgan fingerprint density at radius 2 is 2.44 bits per heavy atom. The Morgan fingerprint density at radius 1 is 1.78 bits per heavy atom. The molecule has 2 nitrogen and oxygen atoms in total. The van der Waals surface area contributed by atoms with Gasteiger partial charge in [0.25, 0.3) is 0 Å². The van der Waals surface area contributed by atoms with Crippen LogP contribution in [0.5, 0.6) is 0 Å². The van der Waals surface area contributed by atoms with Gasteiger partial charge in [0, 0.05) is 12.5 Å². The highest BCUT2D eigenvalue weighted by Crippen LogP contribution is 2.19. The van der Waals surface area contributed by atoms with Crippen molar-refractivity contribution in [1.82, 2.24) is 5.32 Å². The maximum absolute atomic E-state index is 10.9. The highest BCUT2D eigenvalue weighted by Gasteiger charge is 2.28. The van der Waals surface area contributed by atoms with Crippen molar-refractivity contribution in [3.05, 3.63) is 0 Å². The zero-order chi connectivity index (χ0) is 6.85. The van der Waals surface area contributed by atoms with Gasteiger partial charge in [-0.25, -0.2) is 0 Å². The summed E-state index contributed by atoms with van der Waals surface area (Å²) in [5, 5.41) is 2.83. The summed E-state index contributed by atoms with van der Waals surface area (Å²) in [4.78, 5) is 10.9. The van der Waals surface area contributed by atoms with E-state index in [9.17, 15) is 4.79 Å². The predicted octanol–water partition coefficient (Wildman–Crippen LogP) is 0.778. The molecule has 0 bridgehead atoms. The molecular weight excluding hydrogens is 114 g/mol. The van der Waals surface area contributed by atoms with Crippen molar-refractivity contribution >= 4 is 5.91 Å². The Kier molecular flexibility index (Phi) is 1.74. The summed E-state index contributed by atoms with van der Waals surface area (Å²) in [6.07, 6.45) is 0.979. The van der Waals surface area contributed by atoms with E-state index in [0.717, 1.165) is 13.0 Å². The first-order chi connectivity index (χ1) is 4.25. The molecule has 1 aliphatic heterocycles. The molecule has 52 valence electrons. The quantitative estimate of drug-likeness (QED) is 0.554. The molecule has 2 atom stereocenters. The van der Waals surface area contributed by atoms with Crippen LogP contribution in [0.25, 0.3) is 0 Å². The van der Waals surface area contributed by atoms with Gasteiger partial charge in [0.15, 0.2) is 0 Å². The molecule has 0 radical (unpaired) electrons. The maximum Gasteiger partial charge on any atom is 0.223 e. The molecule has 0 unspecified atom stereocenters. The number of rotatable bonds is 1. The molecule has 1 amide bonds. The molecule has 0 aromatic rings. The van der Waals surface area contributed by atoms with Crippen molar-refractivity contribution in [3.8, 4) is 0 Å². The fourth-order valence-corrected chi connectivity index (χ4v) is 1.38. The standard InChI is InChI=1S/C7H13NO/c1-3-6-5(2)4-8-7(6)9/h5-6H,3-4H2,1-2H3,(H,8,9)/t5-,6-/m1/s1. The van der Waals surface area contributed by atoms with Gasteiger partial charge in [0.05, 0.1) is 0 Å². The second-order valence-corrected chi connectivity index (χ2v) is 2.74. The highest BCUT2D eigenvalue weighted by atomic mass is 16.2. The van der Waals surface area contributed by atoms with E-state index in [1.54, 1.807) is 0 Å². The number of carbonyl (C=O) groups excluding carboxylic acids is 1. The number of nitrogens with one attached hydrogen (secondary N) is 1. The second-order valence-electron chi connectivity index (χ2n) is 2.74. The Hall–Kier alpha value is -0.530. The summed E-state index contributed by atoms with van der Waals surface area (Å²) in [6.45, 7) is 5.05. The molecule has 1 saturated heterocycles. The Morgan fingerprint density at radius 3 is 2.67 bits per heavy atom. The summed E-state index contributed by atoms with van der Waals surface area (Å²) >= 11 is 0. The first-order valence-electron chi connectivity index (χ1n) is 3.53. The van der Waals surface area contributed by atoms with Crippen molar-refractivity contribution in [3.63, 3.8) is 0 Å². The van der Waals surface area contributed by atoms with E-state index in [-0.39, 0.29) is 11.8 Å². The van der Waals surface area contributed by atoms with Crippen molar-refractivity contribution in [2.24, 2.45) is 11.8 Å². The molecule has 0 spiro atoms. The molecule has 2 heteroatoms. The third-order valence-electron chi connectivity index (χ3n) is 2.06. The van der Waals surface area contributed by atoms with E-state index in [1.807, 2.05) is 0 Å². The summed E-state index contributed by atoms with van der Waals surface area (Å²) in [5.74, 6) is 1.07. The average Bonchev–Trinajstić information content (AvgIpc) is 2.12. The number of amides is 1. The maximum atomic E-state index is 10.9. The largest absolute Gasteiger partial charge is 0.356 e. The SMILES string of the molecule is CC[C@H]1C(=O)NC[C@H]1C. The van der Waals surface area contributed by atoms with Gasteiger partial charge in [-0.15, -0.1) is 0 Å². The predicted molar refractivity (Wildman–Crippen MR) is 36.0 cm³/mol. The second kappa shape index (κ2) is 2.38. The van der Waals surface area contributed by atoms with E-state index in [2.05, 4.69) is 19.2 Å². The Labute approximate surface area is 55.6 Å². The monoisotopic (exact) mass is 127 g/mol. The van der Waals surface area contributed by atoms with E-state index in [4.69, 9.17) is 0 Å². The minimum Gasteiger partial charge on any atom is -0.356 e. The van der Waals surface area contributed by atoms with Gasteiger partial charge in [-0.3, -0.25) is 4.79 Å². The molecule has 0 aromatic carbocycles. The zero-order valence-electron chi connectivity index (χ0n) is 5.98. The van der Waals surface area contributed by atoms with Crippen LogP contribution in [0, 0.1) is 11.8 Å². The van der Waals surface area contributed by atoms with Crippen molar-refractivity contribution in [1.29, 1.82) is 0 Å². The van der Waals surface area contributed by atoms with Crippen LogP contribution in [0.2, 0.25) is 0 Å². The summed E-state index contributed by atoms with van der Waals surface area (Å²) < 4.78 is 0. The van der Waals surface area contributed by atoms with E-state index >= 15 is 0 Å². The topological polar surface area (TPSA) is 29.1 Å². The summed E-state index contributed by atoms with van der Waals surface area (Å²) in [7, 11) is 0. The molecule has 1 heterocycles. The van der Waals surface area contributed by atoms with E-state index < -0.39 is 0 Å². The Balaban J connectivity index is 2.55. The van der Waals surface area contributed by atoms with Crippen LogP contribution in [0.4, 0.5) is 0 Å². The van der Waals surface area contributed by atoms with Crippen LogP contribution in [-0.2, 0) is 4.79 Å². The van der Waals surface area contributed by atoms with Crippen molar-refractivity contribution < 1.29 is 4.79 Å². The minimum atomic E-state index is 0.241. The van der Waals surface area contributed by atoms with Crippen LogP contribution in [0.1, 0.15) is 20.3 Å². The van der Waals surface area contributed by atoms with Crippen LogP contribution < -0.4 is 5.32 Å². The van der Waals surface area contributed by atoms with Gasteiger partial charge in [0.1, 0.15) is 0 Å². The fraction of sp³-hybridized carbons (Fsp3) is 0.857. The fourth-order valence-electron chi connectivity index (χ4n) is 1.38. The zero-order valence-corrected chi connectivity index (χ0v) is 5.98. The third-order valence-corrected chi connectivity index (χ3v) is 2.06. The van der Waals surface area contributed by atoms with Crippen molar-refractivity contribution in [2.75, 3.05) is 6.54 Å². The highest BCUT2D eigenvalue weighted by molar-refractivity contribution is 5.80. The summed E-state index contributed by atoms with van der Waals surface area (Å²) in [5.41, 5.74) is 0. The molecule has 0 saturated carbocycles. The van der Waals surface area contributed by atoms with Gasteiger partial charge in [0.2, 0.25) is 5.91 Å². The molecule has 1 aliphatic rings. The molecule has 9 heavy (non-hydrogen) atoms. The lowest BCUT2D eigenvalue weighted by molar-refractivity contribution is -0.122. The first kappa shape index (κ1) is 6.59. The van der Waals surface area contributed by atoms with Crippen LogP contribution in [-0.4, -0.2) is 12.5 Å². The third kappa shape index (κ3) is 1.07. The van der Waals surface area contributed by atoms with Crippen LogP contribution in [0.3, 0.4) is 0 Å². The molecule has 1 N–H and O–H groups in total. The normalized spacial score (nSPS) is 34.7. The van der Waals surface area contributed by atoms with Gasteiger partial charge in [-0.2, -0.15) is 0 Å². The van der Waals surface area contributed by atoms with Gasteiger partial charge >= 0.3 is 0 Å². The lowest BCUT2D eigenvalue weighted by Crippen LogP contribution is -2.18. The van der Waals surface area contributed by atoms with E-state index in [0.29, 0.717) is 5.92 Å². The van der Waals surface area contributed by atoms with Crippen molar-refractivity contribution in [2.45, 2.75) is 20.3 Å². The first-order valence-corrected chi connectivity index (χ1v) is 3.53.